The molecule has 1 fully saturated rings. The number of likely N-dealkylation sites (N-methyl/N-ethyl adjacent to an activating group) is 1. The average Bonchev–Trinajstić information content (AvgIpc) is 3.26. The van der Waals surface area contributed by atoms with Crippen molar-refractivity contribution < 1.29 is 9.53 Å². The quantitative estimate of drug-likeness (QED) is 0.667. The number of hydrogen-bond acceptors (Lipinski definition) is 5. The van der Waals surface area contributed by atoms with Crippen molar-refractivity contribution in [2.75, 3.05) is 45.9 Å². The molecule has 0 spiro atoms. The lowest BCUT2D eigenvalue weighted by Gasteiger charge is -2.34. The minimum atomic E-state index is -0.0920. The summed E-state index contributed by atoms with van der Waals surface area (Å²) in [5, 5.41) is 6.57. The molecule has 1 unspecified atom stereocenters. The first-order chi connectivity index (χ1) is 15.6. The standard InChI is InChI=1S/C26H34N4O2/c1-4-28-13-15-29(16-14-28)19-26(31)30-25(21-9-11-23(12-10-21)32-5-2)18-24(27-30)22-8-6-7-20(3)17-22/h6-12,17,25H,4-5,13-16,18-19H2,1-3H3. The van der Waals surface area contributed by atoms with Crippen LogP contribution in [0.1, 0.15) is 43.0 Å². The predicted octanol–water partition coefficient (Wildman–Crippen LogP) is 3.71. The van der Waals surface area contributed by atoms with Gasteiger partial charge in [-0.05, 0) is 43.7 Å². The summed E-state index contributed by atoms with van der Waals surface area (Å²) in [5.41, 5.74) is 4.34. The van der Waals surface area contributed by atoms with E-state index in [1.807, 2.05) is 19.1 Å². The zero-order valence-corrected chi connectivity index (χ0v) is 19.5. The summed E-state index contributed by atoms with van der Waals surface area (Å²) in [4.78, 5) is 18.1. The Bertz CT molecular complexity index is 949. The molecular formula is C26H34N4O2. The van der Waals surface area contributed by atoms with Gasteiger partial charge >= 0.3 is 0 Å². The minimum Gasteiger partial charge on any atom is -0.494 e. The maximum absolute atomic E-state index is 13.4. The number of aryl methyl sites for hydroxylation is 1. The van der Waals surface area contributed by atoms with Crippen LogP contribution in [0.3, 0.4) is 0 Å². The number of nitrogens with zero attached hydrogens (tertiary/aromatic N) is 4. The van der Waals surface area contributed by atoms with E-state index < -0.39 is 0 Å². The Morgan fingerprint density at radius 2 is 1.75 bits per heavy atom. The van der Waals surface area contributed by atoms with Crippen LogP contribution in [0.2, 0.25) is 0 Å². The Morgan fingerprint density at radius 3 is 2.41 bits per heavy atom. The Morgan fingerprint density at radius 1 is 1.03 bits per heavy atom. The third kappa shape index (κ3) is 5.19. The normalized spacial score (nSPS) is 19.8. The summed E-state index contributed by atoms with van der Waals surface area (Å²) < 4.78 is 5.60. The van der Waals surface area contributed by atoms with Gasteiger partial charge in [0.05, 0.1) is 24.9 Å². The monoisotopic (exact) mass is 434 g/mol. The highest BCUT2D eigenvalue weighted by Gasteiger charge is 2.34. The van der Waals surface area contributed by atoms with E-state index in [4.69, 9.17) is 9.84 Å². The highest BCUT2D eigenvalue weighted by atomic mass is 16.5. The van der Waals surface area contributed by atoms with Crippen LogP contribution in [0, 0.1) is 6.92 Å². The summed E-state index contributed by atoms with van der Waals surface area (Å²) in [6, 6.07) is 16.4. The van der Waals surface area contributed by atoms with Crippen molar-refractivity contribution in [1.29, 1.82) is 0 Å². The number of amides is 1. The van der Waals surface area contributed by atoms with E-state index in [9.17, 15) is 4.79 Å². The van der Waals surface area contributed by atoms with Crippen molar-refractivity contribution in [3.05, 3.63) is 65.2 Å². The van der Waals surface area contributed by atoms with E-state index in [0.29, 0.717) is 19.6 Å². The zero-order chi connectivity index (χ0) is 22.5. The molecule has 1 saturated heterocycles. The van der Waals surface area contributed by atoms with Gasteiger partial charge in [-0.15, -0.1) is 0 Å². The lowest BCUT2D eigenvalue weighted by Crippen LogP contribution is -2.49. The maximum atomic E-state index is 13.4. The SMILES string of the molecule is CCOc1ccc(C2CC(c3cccc(C)c3)=NN2C(=O)CN2CCN(CC)CC2)cc1. The molecule has 1 atom stereocenters. The van der Waals surface area contributed by atoms with Gasteiger partial charge in [0.2, 0.25) is 0 Å². The fourth-order valence-corrected chi connectivity index (χ4v) is 4.48. The van der Waals surface area contributed by atoms with Crippen LogP contribution in [0.5, 0.6) is 5.75 Å². The molecule has 0 bridgehead atoms. The van der Waals surface area contributed by atoms with E-state index >= 15 is 0 Å². The van der Waals surface area contributed by atoms with Gasteiger partial charge < -0.3 is 9.64 Å². The zero-order valence-electron chi connectivity index (χ0n) is 19.5. The van der Waals surface area contributed by atoms with E-state index in [2.05, 4.69) is 60.0 Å². The Hall–Kier alpha value is -2.70. The first-order valence-corrected chi connectivity index (χ1v) is 11.7. The number of hydrogen-bond donors (Lipinski definition) is 0. The minimum absolute atomic E-state index is 0.0662. The molecule has 0 N–H and O–H groups in total. The van der Waals surface area contributed by atoms with Crippen LogP contribution in [-0.2, 0) is 4.79 Å². The van der Waals surface area contributed by atoms with Gasteiger partial charge in [0.15, 0.2) is 0 Å². The van der Waals surface area contributed by atoms with Gasteiger partial charge in [-0.1, -0.05) is 48.9 Å². The van der Waals surface area contributed by atoms with Crippen molar-refractivity contribution in [2.24, 2.45) is 5.10 Å². The first kappa shape index (κ1) is 22.5. The molecule has 0 radical (unpaired) electrons. The van der Waals surface area contributed by atoms with Crippen LogP contribution in [0.15, 0.2) is 53.6 Å². The number of ether oxygens (including phenoxy) is 1. The van der Waals surface area contributed by atoms with Gasteiger partial charge in [0.1, 0.15) is 5.75 Å². The number of rotatable bonds is 7. The van der Waals surface area contributed by atoms with Crippen LogP contribution in [-0.4, -0.2) is 72.3 Å². The average molecular weight is 435 g/mol. The molecule has 0 aromatic heterocycles. The smallest absolute Gasteiger partial charge is 0.257 e. The summed E-state index contributed by atoms with van der Waals surface area (Å²) in [6.45, 7) is 12.3. The molecule has 0 aliphatic carbocycles. The van der Waals surface area contributed by atoms with Crippen LogP contribution >= 0.6 is 0 Å². The van der Waals surface area contributed by atoms with Crippen molar-refractivity contribution in [3.63, 3.8) is 0 Å². The lowest BCUT2D eigenvalue weighted by molar-refractivity contribution is -0.134. The highest BCUT2D eigenvalue weighted by Crippen LogP contribution is 2.34. The largest absolute Gasteiger partial charge is 0.494 e. The van der Waals surface area contributed by atoms with Gasteiger partial charge in [-0.25, -0.2) is 5.01 Å². The van der Waals surface area contributed by atoms with Crippen molar-refractivity contribution in [3.8, 4) is 5.75 Å². The third-order valence-electron chi connectivity index (χ3n) is 6.36. The van der Waals surface area contributed by atoms with E-state index in [-0.39, 0.29) is 11.9 Å². The molecule has 4 rings (SSSR count). The molecule has 2 aromatic rings. The second-order valence-electron chi connectivity index (χ2n) is 8.59. The molecule has 2 aliphatic rings. The molecule has 2 heterocycles. The molecule has 2 aliphatic heterocycles. The van der Waals surface area contributed by atoms with Gasteiger partial charge in [0, 0.05) is 32.6 Å². The fraction of sp³-hybridized carbons (Fsp3) is 0.462. The van der Waals surface area contributed by atoms with Gasteiger partial charge in [-0.3, -0.25) is 9.69 Å². The highest BCUT2D eigenvalue weighted by molar-refractivity contribution is 6.03. The second-order valence-corrected chi connectivity index (χ2v) is 8.59. The molecule has 32 heavy (non-hydrogen) atoms. The summed E-state index contributed by atoms with van der Waals surface area (Å²) in [5.74, 6) is 0.914. The van der Waals surface area contributed by atoms with E-state index in [1.54, 1.807) is 5.01 Å². The Balaban J connectivity index is 1.54. The third-order valence-corrected chi connectivity index (χ3v) is 6.36. The van der Waals surface area contributed by atoms with E-state index in [1.165, 1.54) is 5.56 Å². The Kier molecular flexibility index (Phi) is 7.22. The van der Waals surface area contributed by atoms with Crippen molar-refractivity contribution in [2.45, 2.75) is 33.2 Å². The summed E-state index contributed by atoms with van der Waals surface area (Å²) >= 11 is 0. The van der Waals surface area contributed by atoms with Crippen LogP contribution in [0.4, 0.5) is 0 Å². The number of piperazine rings is 1. The molecule has 6 heteroatoms. The molecule has 0 saturated carbocycles. The van der Waals surface area contributed by atoms with Crippen molar-refractivity contribution in [1.82, 2.24) is 14.8 Å². The van der Waals surface area contributed by atoms with Crippen LogP contribution < -0.4 is 4.74 Å². The Labute approximate surface area is 191 Å². The molecule has 6 nitrogen and oxygen atoms in total. The lowest BCUT2D eigenvalue weighted by atomic mass is 9.97. The van der Waals surface area contributed by atoms with Crippen LogP contribution in [0.25, 0.3) is 0 Å². The van der Waals surface area contributed by atoms with E-state index in [0.717, 1.165) is 55.3 Å². The first-order valence-electron chi connectivity index (χ1n) is 11.7. The summed E-state index contributed by atoms with van der Waals surface area (Å²) in [7, 11) is 0. The summed E-state index contributed by atoms with van der Waals surface area (Å²) in [6.07, 6.45) is 0.715. The molecule has 170 valence electrons. The molecule has 1 amide bonds. The number of carbonyl (C=O) groups excluding carboxylic acids is 1. The molecular weight excluding hydrogens is 400 g/mol. The second kappa shape index (κ2) is 10.3. The fourth-order valence-electron chi connectivity index (χ4n) is 4.48. The number of benzene rings is 2. The van der Waals surface area contributed by atoms with Gasteiger partial charge in [0.25, 0.3) is 5.91 Å². The molecule has 2 aromatic carbocycles. The number of carbonyl (C=O) groups is 1. The number of hydrazone groups is 1. The maximum Gasteiger partial charge on any atom is 0.257 e. The topological polar surface area (TPSA) is 48.4 Å². The van der Waals surface area contributed by atoms with Gasteiger partial charge in [-0.2, -0.15) is 5.10 Å². The predicted molar refractivity (Wildman–Crippen MR) is 128 cm³/mol. The van der Waals surface area contributed by atoms with Crippen molar-refractivity contribution >= 4 is 11.6 Å².